The summed E-state index contributed by atoms with van der Waals surface area (Å²) >= 11 is 0. The van der Waals surface area contributed by atoms with Crippen molar-refractivity contribution in [1.82, 2.24) is 10.0 Å². The Balaban J connectivity index is 1.87. The Labute approximate surface area is 158 Å². The molecule has 27 heavy (non-hydrogen) atoms. The summed E-state index contributed by atoms with van der Waals surface area (Å²) in [6, 6.07) is 12.3. The number of carbonyl (C=O) groups excluding carboxylic acids is 1. The summed E-state index contributed by atoms with van der Waals surface area (Å²) in [6.45, 7) is 1.85. The minimum Gasteiger partial charge on any atom is -0.481 e. The minimum atomic E-state index is -3.72. The quantitative estimate of drug-likeness (QED) is 0.573. The molecule has 0 aromatic heterocycles. The number of carboxylic acids is 1. The number of amides is 1. The molecule has 0 aliphatic heterocycles. The van der Waals surface area contributed by atoms with Gasteiger partial charge >= 0.3 is 5.97 Å². The maximum absolute atomic E-state index is 12.4. The number of sulfonamides is 1. The second-order valence-corrected chi connectivity index (χ2v) is 8.05. The van der Waals surface area contributed by atoms with Crippen LogP contribution in [0.4, 0.5) is 0 Å². The van der Waals surface area contributed by atoms with Gasteiger partial charge in [0.25, 0.3) is 0 Å². The highest BCUT2D eigenvalue weighted by Crippen LogP contribution is 2.18. The van der Waals surface area contributed by atoms with Gasteiger partial charge < -0.3 is 10.4 Å². The first-order valence-electron chi connectivity index (χ1n) is 8.81. The number of benzene rings is 2. The van der Waals surface area contributed by atoms with E-state index in [0.717, 1.165) is 10.8 Å². The van der Waals surface area contributed by atoms with Crippen LogP contribution < -0.4 is 10.0 Å². The van der Waals surface area contributed by atoms with E-state index in [1.807, 2.05) is 31.2 Å². The lowest BCUT2D eigenvalue weighted by Gasteiger charge is -2.12. The highest BCUT2D eigenvalue weighted by atomic mass is 32.2. The molecule has 1 amide bonds. The standard InChI is InChI=1S/C19H24N2O5S/c1-2-5-16(19(23)24)13-20-18(22)10-11-21-27(25,26)17-9-8-14-6-3-4-7-15(14)12-17/h3-4,6-9,12,16,21H,2,5,10-11,13H2,1H3,(H,20,22)(H,23,24). The summed E-state index contributed by atoms with van der Waals surface area (Å²) in [5.41, 5.74) is 0. The van der Waals surface area contributed by atoms with Gasteiger partial charge in [-0.25, -0.2) is 13.1 Å². The fourth-order valence-electron chi connectivity index (χ4n) is 2.70. The highest BCUT2D eigenvalue weighted by Gasteiger charge is 2.18. The van der Waals surface area contributed by atoms with Crippen molar-refractivity contribution >= 4 is 32.7 Å². The van der Waals surface area contributed by atoms with Gasteiger partial charge in [-0.05, 0) is 29.3 Å². The van der Waals surface area contributed by atoms with Gasteiger partial charge in [-0.15, -0.1) is 0 Å². The fourth-order valence-corrected chi connectivity index (χ4v) is 3.77. The molecule has 0 heterocycles. The fraction of sp³-hybridized carbons (Fsp3) is 0.368. The van der Waals surface area contributed by atoms with Crippen molar-refractivity contribution < 1.29 is 23.1 Å². The van der Waals surface area contributed by atoms with Crippen molar-refractivity contribution in [3.05, 3.63) is 42.5 Å². The Kier molecular flexibility index (Phi) is 7.32. The number of rotatable bonds is 10. The van der Waals surface area contributed by atoms with Crippen LogP contribution in [0.1, 0.15) is 26.2 Å². The second kappa shape index (κ2) is 9.48. The van der Waals surface area contributed by atoms with Crippen molar-refractivity contribution in [2.45, 2.75) is 31.1 Å². The maximum Gasteiger partial charge on any atom is 0.308 e. The summed E-state index contributed by atoms with van der Waals surface area (Å²) < 4.78 is 27.2. The molecule has 146 valence electrons. The van der Waals surface area contributed by atoms with E-state index >= 15 is 0 Å². The number of hydrogen-bond acceptors (Lipinski definition) is 4. The topological polar surface area (TPSA) is 113 Å². The predicted octanol–water partition coefficient (Wildman–Crippen LogP) is 2.13. The van der Waals surface area contributed by atoms with Crippen molar-refractivity contribution in [1.29, 1.82) is 0 Å². The van der Waals surface area contributed by atoms with Gasteiger partial charge in [0, 0.05) is 19.5 Å². The van der Waals surface area contributed by atoms with Crippen molar-refractivity contribution in [2.75, 3.05) is 13.1 Å². The van der Waals surface area contributed by atoms with Gasteiger partial charge in [0.05, 0.1) is 10.8 Å². The molecule has 1 unspecified atom stereocenters. The zero-order valence-electron chi connectivity index (χ0n) is 15.1. The molecule has 2 rings (SSSR count). The summed E-state index contributed by atoms with van der Waals surface area (Å²) in [6.07, 6.45) is 1.12. The molecule has 0 fully saturated rings. The lowest BCUT2D eigenvalue weighted by atomic mass is 10.0. The summed E-state index contributed by atoms with van der Waals surface area (Å²) in [7, 11) is -3.72. The van der Waals surface area contributed by atoms with Crippen LogP contribution in [0, 0.1) is 5.92 Å². The Hall–Kier alpha value is -2.45. The van der Waals surface area contributed by atoms with Crippen molar-refractivity contribution in [3.8, 4) is 0 Å². The van der Waals surface area contributed by atoms with Crippen LogP contribution in [0.15, 0.2) is 47.4 Å². The Morgan fingerprint density at radius 2 is 1.81 bits per heavy atom. The molecule has 0 saturated carbocycles. The summed E-state index contributed by atoms with van der Waals surface area (Å²) in [4.78, 5) is 23.0. The van der Waals surface area contributed by atoms with E-state index in [0.29, 0.717) is 12.8 Å². The van der Waals surface area contributed by atoms with Gasteiger partial charge in [-0.1, -0.05) is 43.7 Å². The Morgan fingerprint density at radius 3 is 2.48 bits per heavy atom. The largest absolute Gasteiger partial charge is 0.481 e. The Bertz CT molecular complexity index is 911. The number of fused-ring (bicyclic) bond motifs is 1. The third-order valence-corrected chi connectivity index (χ3v) is 5.67. The maximum atomic E-state index is 12.4. The first-order chi connectivity index (χ1) is 12.8. The van der Waals surface area contributed by atoms with Gasteiger partial charge in [-0.3, -0.25) is 9.59 Å². The summed E-state index contributed by atoms with van der Waals surface area (Å²) in [5, 5.41) is 13.4. The lowest BCUT2D eigenvalue weighted by Crippen LogP contribution is -2.35. The first kappa shape index (κ1) is 20.9. The third kappa shape index (κ3) is 6.04. The molecule has 0 bridgehead atoms. The molecule has 2 aromatic rings. The molecule has 0 radical (unpaired) electrons. The molecule has 8 heteroatoms. The zero-order valence-corrected chi connectivity index (χ0v) is 16.0. The van der Waals surface area contributed by atoms with Crippen molar-refractivity contribution in [2.24, 2.45) is 5.92 Å². The molecule has 0 saturated heterocycles. The van der Waals surface area contributed by atoms with Gasteiger partial charge in [0.1, 0.15) is 0 Å². The number of carbonyl (C=O) groups is 2. The second-order valence-electron chi connectivity index (χ2n) is 6.28. The molecule has 0 aliphatic carbocycles. The predicted molar refractivity (Wildman–Crippen MR) is 103 cm³/mol. The number of hydrogen-bond donors (Lipinski definition) is 3. The Morgan fingerprint density at radius 1 is 1.11 bits per heavy atom. The van der Waals surface area contributed by atoms with Crippen LogP contribution in [0.5, 0.6) is 0 Å². The van der Waals surface area contributed by atoms with E-state index in [1.165, 1.54) is 6.07 Å². The average molecular weight is 392 g/mol. The van der Waals surface area contributed by atoms with Gasteiger partial charge in [0.2, 0.25) is 15.9 Å². The molecule has 0 aliphatic rings. The molecule has 0 spiro atoms. The number of nitrogens with one attached hydrogen (secondary N) is 2. The van der Waals surface area contributed by atoms with Crippen LogP contribution in [-0.4, -0.2) is 38.5 Å². The first-order valence-corrected chi connectivity index (χ1v) is 10.3. The smallest absolute Gasteiger partial charge is 0.308 e. The van der Waals surface area contributed by atoms with Crippen molar-refractivity contribution in [3.63, 3.8) is 0 Å². The third-order valence-electron chi connectivity index (χ3n) is 4.21. The summed E-state index contributed by atoms with van der Waals surface area (Å²) in [5.74, 6) is -1.97. The van der Waals surface area contributed by atoms with Gasteiger partial charge in [0.15, 0.2) is 0 Å². The molecule has 2 aromatic carbocycles. The monoisotopic (exact) mass is 392 g/mol. The number of aliphatic carboxylic acids is 1. The molecular formula is C19H24N2O5S. The van der Waals surface area contributed by atoms with Crippen LogP contribution in [0.3, 0.4) is 0 Å². The van der Waals surface area contributed by atoms with E-state index in [1.54, 1.807) is 12.1 Å². The normalized spacial score (nSPS) is 12.6. The molecule has 7 nitrogen and oxygen atoms in total. The number of carboxylic acid groups (broad SMARTS) is 1. The van der Waals surface area contributed by atoms with Gasteiger partial charge in [-0.2, -0.15) is 0 Å². The van der Waals surface area contributed by atoms with Crippen LogP contribution in [-0.2, 0) is 19.6 Å². The van der Waals surface area contributed by atoms with E-state index in [9.17, 15) is 18.0 Å². The van der Waals surface area contributed by atoms with E-state index in [2.05, 4.69) is 10.0 Å². The van der Waals surface area contributed by atoms with E-state index in [-0.39, 0.29) is 24.4 Å². The van der Waals surface area contributed by atoms with Crippen LogP contribution in [0.2, 0.25) is 0 Å². The van der Waals surface area contributed by atoms with E-state index in [4.69, 9.17) is 5.11 Å². The SMILES string of the molecule is CCCC(CNC(=O)CCNS(=O)(=O)c1ccc2ccccc2c1)C(=O)O. The van der Waals surface area contributed by atoms with Crippen LogP contribution in [0.25, 0.3) is 10.8 Å². The zero-order chi connectivity index (χ0) is 19.9. The van der Waals surface area contributed by atoms with E-state index < -0.39 is 27.8 Å². The lowest BCUT2D eigenvalue weighted by molar-refractivity contribution is -0.141. The molecule has 3 N–H and O–H groups in total. The molecular weight excluding hydrogens is 368 g/mol. The molecule has 1 atom stereocenters. The van der Waals surface area contributed by atoms with Crippen LogP contribution >= 0.6 is 0 Å². The minimum absolute atomic E-state index is 0.0411. The highest BCUT2D eigenvalue weighted by molar-refractivity contribution is 7.89. The average Bonchev–Trinajstić information content (AvgIpc) is 2.64.